The average Bonchev–Trinajstić information content (AvgIpc) is 3.33. The quantitative estimate of drug-likeness (QED) is 0.0262. The van der Waals surface area contributed by atoms with E-state index in [0.717, 1.165) is 135 Å². The Labute approximate surface area is 413 Å². The Morgan fingerprint density at radius 1 is 0.313 bits per heavy atom. The van der Waals surface area contributed by atoms with Gasteiger partial charge in [0.2, 0.25) is 0 Å². The fraction of sp³-hybridized carbons (Fsp3) is 0.689. The van der Waals surface area contributed by atoms with E-state index in [0.29, 0.717) is 19.3 Å². The van der Waals surface area contributed by atoms with Gasteiger partial charge in [-0.15, -0.1) is 0 Å². The van der Waals surface area contributed by atoms with Gasteiger partial charge in [0, 0.05) is 19.3 Å². The molecule has 0 saturated heterocycles. The van der Waals surface area contributed by atoms with Crippen molar-refractivity contribution < 1.29 is 28.6 Å². The van der Waals surface area contributed by atoms with Crippen molar-refractivity contribution in [1.82, 2.24) is 0 Å². The van der Waals surface area contributed by atoms with E-state index < -0.39 is 6.10 Å². The summed E-state index contributed by atoms with van der Waals surface area (Å²) in [5.41, 5.74) is 0. The molecule has 0 aliphatic heterocycles. The summed E-state index contributed by atoms with van der Waals surface area (Å²) in [5, 5.41) is 0. The zero-order valence-electron chi connectivity index (χ0n) is 43.6. The van der Waals surface area contributed by atoms with E-state index in [4.69, 9.17) is 14.2 Å². The highest BCUT2D eigenvalue weighted by molar-refractivity contribution is 5.71. The van der Waals surface area contributed by atoms with Gasteiger partial charge in [0.25, 0.3) is 0 Å². The molecule has 0 saturated carbocycles. The van der Waals surface area contributed by atoms with E-state index in [-0.39, 0.29) is 31.1 Å². The molecular formula is C61H102O6. The summed E-state index contributed by atoms with van der Waals surface area (Å²) in [6, 6.07) is 0. The van der Waals surface area contributed by atoms with Crippen LogP contribution in [0.2, 0.25) is 0 Å². The third-order valence-corrected chi connectivity index (χ3v) is 11.6. The first kappa shape index (κ1) is 63.3. The minimum absolute atomic E-state index is 0.0867. The number of allylic oxidation sites excluding steroid dienone is 16. The van der Waals surface area contributed by atoms with Gasteiger partial charge < -0.3 is 14.2 Å². The smallest absolute Gasteiger partial charge is 0.306 e. The lowest BCUT2D eigenvalue weighted by Crippen LogP contribution is -2.30. The number of ether oxygens (including phenoxy) is 3. The van der Waals surface area contributed by atoms with Gasteiger partial charge in [-0.2, -0.15) is 0 Å². The maximum absolute atomic E-state index is 12.8. The molecule has 0 aromatic heterocycles. The number of carbonyl (C=O) groups excluding carboxylic acids is 3. The maximum Gasteiger partial charge on any atom is 0.306 e. The number of hydrogen-bond acceptors (Lipinski definition) is 6. The monoisotopic (exact) mass is 931 g/mol. The lowest BCUT2D eigenvalue weighted by atomic mass is 10.1. The Balaban J connectivity index is 4.25. The molecule has 6 nitrogen and oxygen atoms in total. The Hall–Kier alpha value is -3.67. The fourth-order valence-corrected chi connectivity index (χ4v) is 7.42. The van der Waals surface area contributed by atoms with Crippen LogP contribution in [0, 0.1) is 0 Å². The van der Waals surface area contributed by atoms with Gasteiger partial charge >= 0.3 is 17.9 Å². The predicted octanol–water partition coefficient (Wildman–Crippen LogP) is 18.5. The van der Waals surface area contributed by atoms with E-state index in [1.165, 1.54) is 77.0 Å². The lowest BCUT2D eigenvalue weighted by Gasteiger charge is -2.18. The number of carbonyl (C=O) groups is 3. The van der Waals surface area contributed by atoms with Crippen LogP contribution in [-0.4, -0.2) is 37.2 Å². The first-order valence-corrected chi connectivity index (χ1v) is 27.7. The van der Waals surface area contributed by atoms with Crippen molar-refractivity contribution >= 4 is 17.9 Å². The lowest BCUT2D eigenvalue weighted by molar-refractivity contribution is -0.167. The summed E-state index contributed by atoms with van der Waals surface area (Å²) in [4.78, 5) is 37.9. The summed E-state index contributed by atoms with van der Waals surface area (Å²) in [6.07, 6.45) is 72.7. The minimum Gasteiger partial charge on any atom is -0.462 e. The van der Waals surface area contributed by atoms with Crippen LogP contribution in [-0.2, 0) is 28.6 Å². The van der Waals surface area contributed by atoms with E-state index in [1.54, 1.807) is 0 Å². The van der Waals surface area contributed by atoms with Crippen molar-refractivity contribution in [3.63, 3.8) is 0 Å². The molecule has 67 heavy (non-hydrogen) atoms. The summed E-state index contributed by atoms with van der Waals surface area (Å²) in [5.74, 6) is -0.922. The molecule has 0 heterocycles. The van der Waals surface area contributed by atoms with Crippen LogP contribution in [0.15, 0.2) is 97.2 Å². The zero-order chi connectivity index (χ0) is 48.6. The van der Waals surface area contributed by atoms with Crippen LogP contribution in [0.4, 0.5) is 0 Å². The topological polar surface area (TPSA) is 78.9 Å². The molecule has 0 N–H and O–H groups in total. The average molecular weight is 931 g/mol. The van der Waals surface area contributed by atoms with Gasteiger partial charge in [-0.3, -0.25) is 14.4 Å². The molecule has 1 unspecified atom stereocenters. The van der Waals surface area contributed by atoms with Crippen molar-refractivity contribution in [2.45, 2.75) is 258 Å². The number of rotatable bonds is 49. The highest BCUT2D eigenvalue weighted by atomic mass is 16.6. The van der Waals surface area contributed by atoms with Crippen molar-refractivity contribution in [2.24, 2.45) is 0 Å². The highest BCUT2D eigenvalue weighted by Crippen LogP contribution is 2.14. The Morgan fingerprint density at radius 3 is 0.925 bits per heavy atom. The third-order valence-electron chi connectivity index (χ3n) is 11.6. The molecule has 0 spiro atoms. The molecule has 0 fully saturated rings. The molecule has 382 valence electrons. The number of unbranched alkanes of at least 4 members (excludes halogenated alkanes) is 22. The normalized spacial score (nSPS) is 12.8. The van der Waals surface area contributed by atoms with Crippen molar-refractivity contribution in [3.05, 3.63) is 97.2 Å². The third kappa shape index (κ3) is 53.2. The van der Waals surface area contributed by atoms with Crippen molar-refractivity contribution in [1.29, 1.82) is 0 Å². The summed E-state index contributed by atoms with van der Waals surface area (Å²) >= 11 is 0. The SMILES string of the molecule is CC/C=C\C/C=C\C/C=C\C/C=C\C/C=C\C/C=C\C/C=C\CCCCCCCC(=O)OCC(COC(=O)CCCCCCCCC)OC(=O)CCCCCCC/C=C\CCCCCCCC. The first-order chi connectivity index (χ1) is 33.0. The molecule has 0 aliphatic carbocycles. The van der Waals surface area contributed by atoms with Crippen LogP contribution < -0.4 is 0 Å². The van der Waals surface area contributed by atoms with Crippen molar-refractivity contribution in [2.75, 3.05) is 13.2 Å². The molecule has 1 atom stereocenters. The maximum atomic E-state index is 12.8. The Bertz CT molecular complexity index is 1350. The standard InChI is InChI=1S/C61H102O6/c1-4-7-10-13-16-18-20-22-24-25-26-27-28-29-30-31-32-33-34-35-37-38-40-42-45-48-51-54-60(63)66-57-58(56-65-59(62)53-50-47-44-15-12-9-6-3)67-61(64)55-52-49-46-43-41-39-36-23-21-19-17-14-11-8-5-2/h7,10,16,18,22-24,26-27,29-30,32-33,35-37,58H,4-6,8-9,11-15,17,19-21,25,28,31,34,38-57H2,1-3H3/b10-7-,18-16-,24-22-,27-26-,30-29-,33-32-,36-23-,37-35-. The summed E-state index contributed by atoms with van der Waals surface area (Å²) in [6.45, 7) is 6.45. The second-order valence-electron chi connectivity index (χ2n) is 18.1. The molecule has 0 aromatic rings. The first-order valence-electron chi connectivity index (χ1n) is 27.7. The fourth-order valence-electron chi connectivity index (χ4n) is 7.42. The second kappa shape index (κ2) is 54.9. The van der Waals surface area contributed by atoms with Gasteiger partial charge in [0.15, 0.2) is 6.10 Å². The van der Waals surface area contributed by atoms with Crippen molar-refractivity contribution in [3.8, 4) is 0 Å². The summed E-state index contributed by atoms with van der Waals surface area (Å²) in [7, 11) is 0. The van der Waals surface area contributed by atoms with E-state index in [1.807, 2.05) is 0 Å². The van der Waals surface area contributed by atoms with Crippen LogP contribution >= 0.6 is 0 Å². The zero-order valence-corrected chi connectivity index (χ0v) is 43.6. The van der Waals surface area contributed by atoms with Crippen LogP contribution in [0.5, 0.6) is 0 Å². The molecule has 0 radical (unpaired) electrons. The van der Waals surface area contributed by atoms with E-state index in [2.05, 4.69) is 118 Å². The molecule has 6 heteroatoms. The van der Waals surface area contributed by atoms with Gasteiger partial charge in [0.05, 0.1) is 0 Å². The largest absolute Gasteiger partial charge is 0.462 e. The van der Waals surface area contributed by atoms with Crippen LogP contribution in [0.3, 0.4) is 0 Å². The van der Waals surface area contributed by atoms with Gasteiger partial charge in [-0.25, -0.2) is 0 Å². The van der Waals surface area contributed by atoms with E-state index >= 15 is 0 Å². The Morgan fingerprint density at radius 2 is 0.582 bits per heavy atom. The molecular weight excluding hydrogens is 829 g/mol. The van der Waals surface area contributed by atoms with Crippen LogP contribution in [0.1, 0.15) is 252 Å². The number of hydrogen-bond donors (Lipinski definition) is 0. The minimum atomic E-state index is -0.787. The van der Waals surface area contributed by atoms with E-state index in [9.17, 15) is 14.4 Å². The predicted molar refractivity (Wildman–Crippen MR) is 288 cm³/mol. The van der Waals surface area contributed by atoms with Gasteiger partial charge in [-0.05, 0) is 103 Å². The van der Waals surface area contributed by atoms with Crippen LogP contribution in [0.25, 0.3) is 0 Å². The second-order valence-corrected chi connectivity index (χ2v) is 18.1. The molecule has 0 aliphatic rings. The molecule has 0 amide bonds. The molecule has 0 rings (SSSR count). The molecule has 0 bridgehead atoms. The van der Waals surface area contributed by atoms with Gasteiger partial charge in [-0.1, -0.05) is 227 Å². The van der Waals surface area contributed by atoms with Gasteiger partial charge in [0.1, 0.15) is 13.2 Å². The summed E-state index contributed by atoms with van der Waals surface area (Å²) < 4.78 is 16.7. The molecule has 0 aromatic carbocycles. The number of esters is 3. The highest BCUT2D eigenvalue weighted by Gasteiger charge is 2.19. The Kier molecular flexibility index (Phi) is 51.9.